The van der Waals surface area contributed by atoms with Crippen molar-refractivity contribution in [2.75, 3.05) is 18.4 Å². The maximum absolute atomic E-state index is 6.41. The zero-order chi connectivity index (χ0) is 27.0. The zero-order valence-corrected chi connectivity index (χ0v) is 22.8. The van der Waals surface area contributed by atoms with Gasteiger partial charge in [-0.05, 0) is 67.2 Å². The molecule has 4 heterocycles. The molecule has 1 aliphatic carbocycles. The molecule has 204 valence electrons. The lowest BCUT2D eigenvalue weighted by Gasteiger charge is -2.54. The molecule has 2 N–H and O–H groups in total. The van der Waals surface area contributed by atoms with E-state index in [1.807, 2.05) is 43.8 Å². The van der Waals surface area contributed by atoms with Crippen molar-refractivity contribution < 1.29 is 9.47 Å². The molecule has 1 aliphatic heterocycles. The fourth-order valence-electron chi connectivity index (χ4n) is 5.07. The summed E-state index contributed by atoms with van der Waals surface area (Å²) in [4.78, 5) is 9.09. The van der Waals surface area contributed by atoms with Gasteiger partial charge in [0.15, 0.2) is 0 Å². The molecule has 39 heavy (non-hydrogen) atoms. The highest BCUT2D eigenvalue weighted by molar-refractivity contribution is 6.32. The second-order valence-electron chi connectivity index (χ2n) is 10.7. The van der Waals surface area contributed by atoms with Gasteiger partial charge in [-0.15, -0.1) is 10.2 Å². The molecule has 6 rings (SSSR count). The third kappa shape index (κ3) is 5.52. The number of hydrogen-bond donors (Lipinski definition) is 2. The summed E-state index contributed by atoms with van der Waals surface area (Å²) in [5.41, 5.74) is 2.93. The van der Waals surface area contributed by atoms with Crippen LogP contribution in [-0.2, 0) is 6.54 Å². The van der Waals surface area contributed by atoms with Gasteiger partial charge in [-0.25, -0.2) is 14.6 Å². The Balaban J connectivity index is 1.15. The molecule has 0 amide bonds. The highest BCUT2D eigenvalue weighted by atomic mass is 35.5. The standard InChI is InChI=1S/C26H31ClN10O2/c1-16(2)38-24-22(12-37(33-24)20-7-26(8-20)13-28-14-26)32-25-29-9-19(10-30-25)18-4-5-21(27)23(6-18)39-17(3)11-36-15-31-34-35-36/h4-6,9-10,12,15-17,20,28H,7-8,11,13-14H2,1-3H3,(H,29,30,32). The lowest BCUT2D eigenvalue weighted by Crippen LogP contribution is -2.60. The minimum absolute atomic E-state index is 0.00215. The van der Waals surface area contributed by atoms with Crippen LogP contribution in [0.3, 0.4) is 0 Å². The maximum atomic E-state index is 6.41. The van der Waals surface area contributed by atoms with Crippen LogP contribution in [0, 0.1) is 5.41 Å². The number of benzene rings is 1. The number of rotatable bonds is 10. The highest BCUT2D eigenvalue weighted by Gasteiger charge is 2.49. The molecule has 4 aromatic rings. The Morgan fingerprint density at radius 1 is 1.13 bits per heavy atom. The molecule has 1 saturated heterocycles. The van der Waals surface area contributed by atoms with Gasteiger partial charge in [0.05, 0.1) is 29.9 Å². The van der Waals surface area contributed by atoms with Crippen molar-refractivity contribution >= 4 is 23.2 Å². The first-order valence-corrected chi connectivity index (χ1v) is 13.5. The second kappa shape index (κ2) is 10.4. The molecule has 1 saturated carbocycles. The molecule has 2 fully saturated rings. The number of tetrazole rings is 1. The van der Waals surface area contributed by atoms with Crippen LogP contribution < -0.4 is 20.1 Å². The van der Waals surface area contributed by atoms with Crippen LogP contribution in [0.1, 0.15) is 39.7 Å². The Labute approximate surface area is 231 Å². The van der Waals surface area contributed by atoms with Gasteiger partial charge in [-0.1, -0.05) is 17.7 Å². The van der Waals surface area contributed by atoms with Crippen molar-refractivity contribution in [3.63, 3.8) is 0 Å². The van der Waals surface area contributed by atoms with E-state index in [2.05, 4.69) is 36.1 Å². The summed E-state index contributed by atoms with van der Waals surface area (Å²) in [5.74, 6) is 1.58. The summed E-state index contributed by atoms with van der Waals surface area (Å²) < 4.78 is 15.7. The highest BCUT2D eigenvalue weighted by Crippen LogP contribution is 2.51. The fourth-order valence-corrected chi connectivity index (χ4v) is 5.23. The number of halogens is 1. The first-order chi connectivity index (χ1) is 18.9. The Kier molecular flexibility index (Phi) is 6.81. The van der Waals surface area contributed by atoms with Crippen LogP contribution in [0.4, 0.5) is 11.6 Å². The number of nitrogens with one attached hydrogen (secondary N) is 2. The van der Waals surface area contributed by atoms with Crippen LogP contribution in [0.15, 0.2) is 43.1 Å². The molecule has 1 atom stereocenters. The van der Waals surface area contributed by atoms with Gasteiger partial charge in [0.25, 0.3) is 5.88 Å². The monoisotopic (exact) mass is 550 g/mol. The van der Waals surface area contributed by atoms with E-state index in [9.17, 15) is 0 Å². The number of aromatic nitrogens is 8. The van der Waals surface area contributed by atoms with Crippen LogP contribution in [-0.4, -0.2) is 65.3 Å². The smallest absolute Gasteiger partial charge is 0.257 e. The predicted octanol–water partition coefficient (Wildman–Crippen LogP) is 3.90. The molecule has 0 radical (unpaired) electrons. The Morgan fingerprint density at radius 2 is 1.92 bits per heavy atom. The number of nitrogens with zero attached hydrogens (tertiary/aromatic N) is 8. The van der Waals surface area contributed by atoms with Gasteiger partial charge in [-0.3, -0.25) is 4.68 Å². The Hall–Kier alpha value is -3.77. The molecule has 13 heteroatoms. The van der Waals surface area contributed by atoms with Gasteiger partial charge in [0.2, 0.25) is 5.95 Å². The van der Waals surface area contributed by atoms with Crippen molar-refractivity contribution in [2.45, 2.75) is 58.4 Å². The van der Waals surface area contributed by atoms with Gasteiger partial charge in [0, 0.05) is 31.0 Å². The second-order valence-corrected chi connectivity index (χ2v) is 11.1. The largest absolute Gasteiger partial charge is 0.487 e. The average Bonchev–Trinajstić information content (AvgIpc) is 3.49. The van der Waals surface area contributed by atoms with E-state index >= 15 is 0 Å². The quantitative estimate of drug-likeness (QED) is 0.300. The summed E-state index contributed by atoms with van der Waals surface area (Å²) in [7, 11) is 0. The lowest BCUT2D eigenvalue weighted by atomic mass is 9.62. The predicted molar refractivity (Wildman–Crippen MR) is 145 cm³/mol. The first kappa shape index (κ1) is 25.5. The van der Waals surface area contributed by atoms with Crippen LogP contribution in [0.2, 0.25) is 5.02 Å². The average molecular weight is 551 g/mol. The van der Waals surface area contributed by atoms with E-state index in [-0.39, 0.29) is 12.2 Å². The van der Waals surface area contributed by atoms with Crippen molar-refractivity contribution in [3.8, 4) is 22.8 Å². The summed E-state index contributed by atoms with van der Waals surface area (Å²) in [5, 5.41) is 23.1. The molecule has 1 unspecified atom stereocenters. The number of hydrogen-bond acceptors (Lipinski definition) is 10. The lowest BCUT2D eigenvalue weighted by molar-refractivity contribution is 0.00176. The summed E-state index contributed by atoms with van der Waals surface area (Å²) in [6.07, 6.45) is 9.15. The molecular formula is C26H31ClN10O2. The van der Waals surface area contributed by atoms with Crippen LogP contribution in [0.5, 0.6) is 11.6 Å². The SMILES string of the molecule is CC(C)Oc1nn(C2CC3(CNC3)C2)cc1Nc1ncc(-c2ccc(Cl)c(OC(C)Cn3cnnn3)c2)cn1. The minimum Gasteiger partial charge on any atom is -0.487 e. The van der Waals surface area contributed by atoms with Crippen molar-refractivity contribution in [1.29, 1.82) is 0 Å². The number of anilines is 2. The molecule has 1 spiro atoms. The number of ether oxygens (including phenoxy) is 2. The first-order valence-electron chi connectivity index (χ1n) is 13.1. The normalized spacial score (nSPS) is 17.1. The van der Waals surface area contributed by atoms with Gasteiger partial charge < -0.3 is 20.1 Å². The third-order valence-corrected chi connectivity index (χ3v) is 7.40. The van der Waals surface area contributed by atoms with Crippen LogP contribution >= 0.6 is 11.6 Å². The Morgan fingerprint density at radius 3 is 2.59 bits per heavy atom. The molecular weight excluding hydrogens is 520 g/mol. The molecule has 1 aromatic carbocycles. The Bertz CT molecular complexity index is 1410. The fraction of sp³-hybridized carbons (Fsp3) is 0.462. The maximum Gasteiger partial charge on any atom is 0.257 e. The van der Waals surface area contributed by atoms with Gasteiger partial charge >= 0.3 is 0 Å². The van der Waals surface area contributed by atoms with Gasteiger partial charge in [0.1, 0.15) is 23.9 Å². The van der Waals surface area contributed by atoms with Gasteiger partial charge in [-0.2, -0.15) is 0 Å². The molecule has 0 bridgehead atoms. The van der Waals surface area contributed by atoms with E-state index in [4.69, 9.17) is 26.2 Å². The van der Waals surface area contributed by atoms with Crippen molar-refractivity contribution in [1.82, 2.24) is 45.3 Å². The molecule has 2 aliphatic rings. The third-order valence-electron chi connectivity index (χ3n) is 7.08. The summed E-state index contributed by atoms with van der Waals surface area (Å²) >= 11 is 6.41. The summed E-state index contributed by atoms with van der Waals surface area (Å²) in [6.45, 7) is 8.61. The van der Waals surface area contributed by atoms with E-state index in [0.29, 0.717) is 40.6 Å². The van der Waals surface area contributed by atoms with E-state index in [0.717, 1.165) is 42.7 Å². The van der Waals surface area contributed by atoms with Crippen molar-refractivity contribution in [3.05, 3.63) is 48.1 Å². The summed E-state index contributed by atoms with van der Waals surface area (Å²) in [6, 6.07) is 5.98. The van der Waals surface area contributed by atoms with E-state index in [1.54, 1.807) is 29.5 Å². The minimum atomic E-state index is -0.192. The van der Waals surface area contributed by atoms with E-state index < -0.39 is 0 Å². The van der Waals surface area contributed by atoms with E-state index in [1.165, 1.54) is 0 Å². The topological polar surface area (TPSA) is 130 Å². The zero-order valence-electron chi connectivity index (χ0n) is 22.1. The molecule has 12 nitrogen and oxygen atoms in total. The van der Waals surface area contributed by atoms with Crippen LogP contribution in [0.25, 0.3) is 11.1 Å². The molecule has 3 aromatic heterocycles. The van der Waals surface area contributed by atoms with Crippen molar-refractivity contribution in [2.24, 2.45) is 5.41 Å².